The molecule has 0 N–H and O–H groups in total. The quantitative estimate of drug-likeness (QED) is 0.162. The van der Waals surface area contributed by atoms with Gasteiger partial charge in [0.15, 0.2) is 0 Å². The van der Waals surface area contributed by atoms with Crippen LogP contribution in [0.1, 0.15) is 52.9 Å². The number of hydrogen-bond acceptors (Lipinski definition) is 4. The number of carbonyl (C=O) groups is 1. The average Bonchev–Trinajstić information content (AvgIpc) is 2.45. The second-order valence-electron chi connectivity index (χ2n) is 5.17. The first-order valence-electron chi connectivity index (χ1n) is 8.17. The van der Waals surface area contributed by atoms with E-state index in [0.717, 1.165) is 26.1 Å². The molecule has 0 aliphatic rings. The van der Waals surface area contributed by atoms with Crippen molar-refractivity contribution in [2.45, 2.75) is 64.8 Å². The summed E-state index contributed by atoms with van der Waals surface area (Å²) >= 11 is 0. The van der Waals surface area contributed by atoms with Gasteiger partial charge in [0, 0.05) is 18.8 Å². The van der Waals surface area contributed by atoms with Crippen molar-refractivity contribution in [1.82, 2.24) is 0 Å². The van der Waals surface area contributed by atoms with Gasteiger partial charge >= 0.3 is 5.97 Å². The number of hydrogen-bond donors (Lipinski definition) is 0. The van der Waals surface area contributed by atoms with Gasteiger partial charge < -0.3 is 14.2 Å². The standard InChI is InChI=1S/C16H32O4Si/c1-5-18-16(19-6-2)21-13-11-9-7-8-10-12-20-15(17)14(3)4/h16H,3,5-13,21H2,1-2,4H3. The van der Waals surface area contributed by atoms with Gasteiger partial charge in [-0.05, 0) is 27.2 Å². The Hall–Kier alpha value is -0.653. The van der Waals surface area contributed by atoms with Gasteiger partial charge in [-0.25, -0.2) is 4.79 Å². The predicted octanol–water partition coefficient (Wildman–Crippen LogP) is 3.00. The maximum absolute atomic E-state index is 11.1. The van der Waals surface area contributed by atoms with Gasteiger partial charge in [-0.15, -0.1) is 0 Å². The average molecular weight is 317 g/mol. The number of rotatable bonds is 14. The molecule has 0 bridgehead atoms. The lowest BCUT2D eigenvalue weighted by Crippen LogP contribution is -2.24. The minimum atomic E-state index is -0.284. The Balaban J connectivity index is 3.35. The SMILES string of the molecule is C=C(C)C(=O)OCCCCCCC[SiH2]C(OCC)OCC. The van der Waals surface area contributed by atoms with Crippen LogP contribution in [0.15, 0.2) is 12.2 Å². The van der Waals surface area contributed by atoms with E-state index in [4.69, 9.17) is 14.2 Å². The summed E-state index contributed by atoms with van der Waals surface area (Å²) in [7, 11) is -0.284. The van der Waals surface area contributed by atoms with Crippen molar-refractivity contribution in [3.8, 4) is 0 Å². The van der Waals surface area contributed by atoms with Crippen molar-refractivity contribution < 1.29 is 19.0 Å². The first-order chi connectivity index (χ1) is 10.1. The van der Waals surface area contributed by atoms with Crippen LogP contribution >= 0.6 is 0 Å². The molecule has 4 nitrogen and oxygen atoms in total. The van der Waals surface area contributed by atoms with Crippen LogP contribution in [0.3, 0.4) is 0 Å². The van der Waals surface area contributed by atoms with Gasteiger partial charge in [0.1, 0.15) is 5.91 Å². The first-order valence-corrected chi connectivity index (χ1v) is 9.99. The number of ether oxygens (including phenoxy) is 3. The summed E-state index contributed by atoms with van der Waals surface area (Å²) in [4.78, 5) is 11.1. The van der Waals surface area contributed by atoms with E-state index in [1.165, 1.54) is 25.3 Å². The molecular weight excluding hydrogens is 284 g/mol. The highest BCUT2D eigenvalue weighted by Crippen LogP contribution is 2.08. The maximum atomic E-state index is 11.1. The molecule has 0 aliphatic carbocycles. The molecule has 0 radical (unpaired) electrons. The molecule has 0 rings (SSSR count). The zero-order valence-corrected chi connectivity index (χ0v) is 15.4. The lowest BCUT2D eigenvalue weighted by atomic mass is 10.2. The normalized spacial score (nSPS) is 11.4. The summed E-state index contributed by atoms with van der Waals surface area (Å²) in [6.45, 7) is 11.2. The van der Waals surface area contributed by atoms with Crippen LogP contribution in [0.4, 0.5) is 0 Å². The van der Waals surface area contributed by atoms with E-state index in [1.807, 2.05) is 13.8 Å². The van der Waals surface area contributed by atoms with Crippen molar-refractivity contribution in [1.29, 1.82) is 0 Å². The van der Waals surface area contributed by atoms with Crippen LogP contribution in [0, 0.1) is 0 Å². The zero-order valence-electron chi connectivity index (χ0n) is 14.0. The van der Waals surface area contributed by atoms with Crippen LogP contribution in [0.25, 0.3) is 0 Å². The molecule has 0 amide bonds. The largest absolute Gasteiger partial charge is 0.462 e. The summed E-state index contributed by atoms with van der Waals surface area (Å²) < 4.78 is 16.2. The molecule has 0 atom stereocenters. The fourth-order valence-corrected chi connectivity index (χ4v) is 3.78. The topological polar surface area (TPSA) is 44.8 Å². The van der Waals surface area contributed by atoms with Crippen LogP contribution < -0.4 is 0 Å². The van der Waals surface area contributed by atoms with Crippen molar-refractivity contribution in [2.24, 2.45) is 0 Å². The monoisotopic (exact) mass is 316 g/mol. The third kappa shape index (κ3) is 12.8. The Morgan fingerprint density at radius 2 is 1.62 bits per heavy atom. The van der Waals surface area contributed by atoms with Gasteiger partial charge in [-0.1, -0.05) is 38.3 Å². The lowest BCUT2D eigenvalue weighted by Gasteiger charge is -2.16. The molecule has 0 spiro atoms. The third-order valence-corrected chi connectivity index (χ3v) is 4.97. The Morgan fingerprint density at radius 1 is 1.05 bits per heavy atom. The molecule has 0 aromatic heterocycles. The highest BCUT2D eigenvalue weighted by molar-refractivity contribution is 6.36. The Kier molecular flexibility index (Phi) is 13.8. The van der Waals surface area contributed by atoms with E-state index in [2.05, 4.69) is 6.58 Å². The van der Waals surface area contributed by atoms with Gasteiger partial charge in [0.2, 0.25) is 0 Å². The number of unbranched alkanes of at least 4 members (excludes halogenated alkanes) is 4. The van der Waals surface area contributed by atoms with Gasteiger partial charge in [0.25, 0.3) is 0 Å². The molecule has 0 aromatic carbocycles. The molecule has 5 heteroatoms. The molecular formula is C16H32O4Si. The summed E-state index contributed by atoms with van der Waals surface area (Å²) in [5.74, 6) is -0.180. The zero-order chi connectivity index (χ0) is 15.9. The summed E-state index contributed by atoms with van der Waals surface area (Å²) in [5, 5.41) is 0. The third-order valence-electron chi connectivity index (χ3n) is 3.12. The van der Waals surface area contributed by atoms with E-state index < -0.39 is 0 Å². The molecule has 21 heavy (non-hydrogen) atoms. The smallest absolute Gasteiger partial charge is 0.333 e. The summed E-state index contributed by atoms with van der Waals surface area (Å²) in [6.07, 6.45) is 5.76. The van der Waals surface area contributed by atoms with Crippen LogP contribution in [0.5, 0.6) is 0 Å². The van der Waals surface area contributed by atoms with Crippen molar-refractivity contribution in [3.05, 3.63) is 12.2 Å². The Labute approximate surface area is 132 Å². The first kappa shape index (κ1) is 20.3. The molecule has 0 aromatic rings. The molecule has 0 saturated carbocycles. The fraction of sp³-hybridized carbons (Fsp3) is 0.812. The second-order valence-corrected chi connectivity index (χ2v) is 7.12. The Bertz CT molecular complexity index is 275. The van der Waals surface area contributed by atoms with Crippen molar-refractivity contribution in [2.75, 3.05) is 19.8 Å². The minimum absolute atomic E-state index is 0.0987. The highest BCUT2D eigenvalue weighted by Gasteiger charge is 2.07. The Morgan fingerprint density at radius 3 is 2.19 bits per heavy atom. The fourth-order valence-electron chi connectivity index (χ4n) is 1.99. The number of carbonyl (C=O) groups excluding carboxylic acids is 1. The minimum Gasteiger partial charge on any atom is -0.462 e. The number of esters is 1. The van der Waals surface area contributed by atoms with Gasteiger partial charge in [-0.2, -0.15) is 0 Å². The summed E-state index contributed by atoms with van der Waals surface area (Å²) in [6, 6.07) is 1.27. The molecule has 0 fully saturated rings. The van der Waals surface area contributed by atoms with E-state index >= 15 is 0 Å². The predicted molar refractivity (Wildman–Crippen MR) is 89.2 cm³/mol. The van der Waals surface area contributed by atoms with E-state index in [-0.39, 0.29) is 21.4 Å². The van der Waals surface area contributed by atoms with Gasteiger partial charge in [0.05, 0.1) is 16.1 Å². The molecule has 0 heterocycles. The van der Waals surface area contributed by atoms with E-state index in [0.29, 0.717) is 12.2 Å². The lowest BCUT2D eigenvalue weighted by molar-refractivity contribution is -0.139. The van der Waals surface area contributed by atoms with Gasteiger partial charge in [-0.3, -0.25) is 0 Å². The molecule has 0 aliphatic heterocycles. The second kappa shape index (κ2) is 14.3. The van der Waals surface area contributed by atoms with E-state index in [1.54, 1.807) is 6.92 Å². The molecule has 0 saturated heterocycles. The van der Waals surface area contributed by atoms with Crippen molar-refractivity contribution >= 4 is 15.5 Å². The molecule has 124 valence electrons. The van der Waals surface area contributed by atoms with Crippen LogP contribution in [-0.4, -0.2) is 41.2 Å². The highest BCUT2D eigenvalue weighted by atomic mass is 28.2. The molecule has 0 unspecified atom stereocenters. The van der Waals surface area contributed by atoms with Crippen LogP contribution in [0.2, 0.25) is 6.04 Å². The van der Waals surface area contributed by atoms with Crippen molar-refractivity contribution in [3.63, 3.8) is 0 Å². The van der Waals surface area contributed by atoms with Crippen LogP contribution in [-0.2, 0) is 19.0 Å². The maximum Gasteiger partial charge on any atom is 0.333 e. The van der Waals surface area contributed by atoms with E-state index in [9.17, 15) is 4.79 Å². The summed E-state index contributed by atoms with van der Waals surface area (Å²) in [5.41, 5.74) is 0.470.